The van der Waals surface area contributed by atoms with Gasteiger partial charge in [0, 0.05) is 25.0 Å². The Kier molecular flexibility index (Phi) is 7.38. The Morgan fingerprint density at radius 1 is 1.24 bits per heavy atom. The molecule has 0 spiro atoms. The summed E-state index contributed by atoms with van der Waals surface area (Å²) in [6.07, 6.45) is 5.47. The molecule has 1 aromatic carbocycles. The predicted octanol–water partition coefficient (Wildman–Crippen LogP) is 3.05. The first-order chi connectivity index (χ1) is 11.7. The average molecular weight is 369 g/mol. The van der Waals surface area contributed by atoms with Gasteiger partial charge in [-0.25, -0.2) is 0 Å². The highest BCUT2D eigenvalue weighted by atomic mass is 35.5. The lowest BCUT2D eigenvalue weighted by molar-refractivity contribution is -0.122. The maximum Gasteiger partial charge on any atom is 0.220 e. The minimum absolute atomic E-state index is 0. The quantitative estimate of drug-likeness (QED) is 0.776. The maximum atomic E-state index is 12.3. The van der Waals surface area contributed by atoms with Gasteiger partial charge in [0.25, 0.3) is 0 Å². The van der Waals surface area contributed by atoms with Gasteiger partial charge in [0.05, 0.1) is 13.7 Å². The molecule has 140 valence electrons. The summed E-state index contributed by atoms with van der Waals surface area (Å²) in [5.74, 6) is 2.12. The fourth-order valence-corrected chi connectivity index (χ4v) is 3.98. The van der Waals surface area contributed by atoms with Crippen LogP contribution in [-0.2, 0) is 11.3 Å². The molecule has 0 aliphatic carbocycles. The molecule has 2 fully saturated rings. The lowest BCUT2D eigenvalue weighted by Gasteiger charge is -2.28. The third-order valence-corrected chi connectivity index (χ3v) is 5.06. The van der Waals surface area contributed by atoms with Gasteiger partial charge < -0.3 is 20.1 Å². The number of hydrogen-bond donors (Lipinski definition) is 2. The molecule has 25 heavy (non-hydrogen) atoms. The third kappa shape index (κ3) is 5.25. The van der Waals surface area contributed by atoms with Gasteiger partial charge in [-0.05, 0) is 56.2 Å². The van der Waals surface area contributed by atoms with Crippen LogP contribution in [0.15, 0.2) is 18.2 Å². The number of carbonyl (C=O) groups is 1. The Balaban J connectivity index is 0.00000225. The van der Waals surface area contributed by atoms with E-state index in [1.165, 1.54) is 12.8 Å². The average Bonchev–Trinajstić information content (AvgIpc) is 2.92. The number of piperidine rings is 1. The summed E-state index contributed by atoms with van der Waals surface area (Å²) in [6.45, 7) is 3.06. The summed E-state index contributed by atoms with van der Waals surface area (Å²) in [5.41, 5.74) is 1.03. The van der Waals surface area contributed by atoms with E-state index in [9.17, 15) is 4.79 Å². The zero-order valence-corrected chi connectivity index (χ0v) is 15.9. The highest BCUT2D eigenvalue weighted by Crippen LogP contribution is 2.32. The van der Waals surface area contributed by atoms with Crippen molar-refractivity contribution in [3.05, 3.63) is 23.8 Å². The van der Waals surface area contributed by atoms with Gasteiger partial charge in [0.15, 0.2) is 11.5 Å². The Morgan fingerprint density at radius 2 is 1.96 bits per heavy atom. The molecule has 0 saturated carbocycles. The minimum atomic E-state index is 0. The zero-order chi connectivity index (χ0) is 16.9. The van der Waals surface area contributed by atoms with Crippen LogP contribution in [0.3, 0.4) is 0 Å². The van der Waals surface area contributed by atoms with E-state index in [4.69, 9.17) is 9.47 Å². The lowest BCUT2D eigenvalue weighted by Crippen LogP contribution is -2.39. The second kappa shape index (κ2) is 9.30. The SMILES string of the molecule is CCOc1cc(CNC(=O)CC2CC3CCC(C2)N3)ccc1OC.Cl. The first-order valence-corrected chi connectivity index (χ1v) is 9.00. The highest BCUT2D eigenvalue weighted by Gasteiger charge is 2.34. The van der Waals surface area contributed by atoms with Gasteiger partial charge in [0.2, 0.25) is 5.91 Å². The van der Waals surface area contributed by atoms with Gasteiger partial charge >= 0.3 is 0 Å². The van der Waals surface area contributed by atoms with Gasteiger partial charge in [-0.2, -0.15) is 0 Å². The van der Waals surface area contributed by atoms with Crippen LogP contribution in [0.2, 0.25) is 0 Å². The van der Waals surface area contributed by atoms with Crippen molar-refractivity contribution in [2.45, 2.75) is 57.7 Å². The number of nitrogens with one attached hydrogen (secondary N) is 2. The van der Waals surface area contributed by atoms with Crippen LogP contribution in [0, 0.1) is 5.92 Å². The number of hydrogen-bond acceptors (Lipinski definition) is 4. The van der Waals surface area contributed by atoms with E-state index in [0.717, 1.165) is 29.9 Å². The number of fused-ring (bicyclic) bond motifs is 2. The van der Waals surface area contributed by atoms with Crippen molar-refractivity contribution in [2.24, 2.45) is 5.92 Å². The van der Waals surface area contributed by atoms with E-state index in [1.807, 2.05) is 25.1 Å². The van der Waals surface area contributed by atoms with Crippen LogP contribution >= 0.6 is 12.4 Å². The van der Waals surface area contributed by atoms with Crippen LogP contribution in [-0.4, -0.2) is 31.7 Å². The third-order valence-electron chi connectivity index (χ3n) is 5.06. The normalized spacial score (nSPS) is 24.3. The summed E-state index contributed by atoms with van der Waals surface area (Å²) in [5, 5.41) is 6.67. The van der Waals surface area contributed by atoms with Crippen molar-refractivity contribution in [1.82, 2.24) is 10.6 Å². The summed E-state index contributed by atoms with van der Waals surface area (Å²) >= 11 is 0. The first-order valence-electron chi connectivity index (χ1n) is 9.00. The molecule has 2 saturated heterocycles. The molecule has 1 amide bonds. The lowest BCUT2D eigenvalue weighted by atomic mass is 9.89. The fourth-order valence-electron chi connectivity index (χ4n) is 3.98. The number of benzene rings is 1. The molecule has 0 aromatic heterocycles. The van der Waals surface area contributed by atoms with E-state index in [0.29, 0.717) is 37.6 Å². The Labute approximate surface area is 156 Å². The predicted molar refractivity (Wildman–Crippen MR) is 101 cm³/mol. The molecule has 6 heteroatoms. The van der Waals surface area contributed by atoms with Crippen LogP contribution < -0.4 is 20.1 Å². The number of ether oxygens (including phenoxy) is 2. The fraction of sp³-hybridized carbons (Fsp3) is 0.632. The topological polar surface area (TPSA) is 59.6 Å². The summed E-state index contributed by atoms with van der Waals surface area (Å²) in [4.78, 5) is 12.3. The first kappa shape index (κ1) is 19.9. The van der Waals surface area contributed by atoms with Crippen molar-refractivity contribution < 1.29 is 14.3 Å². The molecule has 2 aliphatic heterocycles. The van der Waals surface area contributed by atoms with Gasteiger partial charge in [-0.15, -0.1) is 12.4 Å². The molecule has 2 atom stereocenters. The van der Waals surface area contributed by atoms with E-state index >= 15 is 0 Å². The Morgan fingerprint density at radius 3 is 2.60 bits per heavy atom. The Bertz CT molecular complexity index is 570. The molecule has 5 nitrogen and oxygen atoms in total. The van der Waals surface area contributed by atoms with Crippen molar-refractivity contribution >= 4 is 18.3 Å². The largest absolute Gasteiger partial charge is 0.493 e. The molecule has 2 aliphatic rings. The van der Waals surface area contributed by atoms with Crippen LogP contribution in [0.25, 0.3) is 0 Å². The van der Waals surface area contributed by atoms with Crippen molar-refractivity contribution in [2.75, 3.05) is 13.7 Å². The molecule has 2 unspecified atom stereocenters. The molecular formula is C19H29ClN2O3. The standard InChI is InChI=1S/C19H28N2O3.ClH/c1-3-24-18-10-13(4-7-17(18)23-2)12-20-19(22)11-14-8-15-5-6-16(9-14)21-15;/h4,7,10,14-16,21H,3,5-6,8-9,11-12H2,1-2H3,(H,20,22);1H. The number of methoxy groups -OCH3 is 1. The maximum absolute atomic E-state index is 12.3. The van der Waals surface area contributed by atoms with E-state index < -0.39 is 0 Å². The molecule has 3 rings (SSSR count). The van der Waals surface area contributed by atoms with Gasteiger partial charge in [0.1, 0.15) is 0 Å². The molecule has 1 aromatic rings. The van der Waals surface area contributed by atoms with Crippen LogP contribution in [0.1, 0.15) is 44.6 Å². The zero-order valence-electron chi connectivity index (χ0n) is 15.0. The number of halogens is 1. The number of rotatable bonds is 7. The van der Waals surface area contributed by atoms with E-state index in [1.54, 1.807) is 7.11 Å². The summed E-state index contributed by atoms with van der Waals surface area (Å²) < 4.78 is 10.9. The second-order valence-corrected chi connectivity index (χ2v) is 6.87. The Hall–Kier alpha value is -1.46. The van der Waals surface area contributed by atoms with Gasteiger partial charge in [-0.1, -0.05) is 6.07 Å². The van der Waals surface area contributed by atoms with Crippen molar-refractivity contribution in [1.29, 1.82) is 0 Å². The van der Waals surface area contributed by atoms with E-state index in [-0.39, 0.29) is 18.3 Å². The molecular weight excluding hydrogens is 340 g/mol. The molecule has 0 radical (unpaired) electrons. The number of amides is 1. The van der Waals surface area contributed by atoms with E-state index in [2.05, 4.69) is 10.6 Å². The van der Waals surface area contributed by atoms with Gasteiger partial charge in [-0.3, -0.25) is 4.79 Å². The summed E-state index contributed by atoms with van der Waals surface area (Å²) in [6, 6.07) is 7.06. The van der Waals surface area contributed by atoms with Crippen LogP contribution in [0.5, 0.6) is 11.5 Å². The summed E-state index contributed by atoms with van der Waals surface area (Å²) in [7, 11) is 1.63. The van der Waals surface area contributed by atoms with Crippen LogP contribution in [0.4, 0.5) is 0 Å². The van der Waals surface area contributed by atoms with Crippen molar-refractivity contribution in [3.63, 3.8) is 0 Å². The minimum Gasteiger partial charge on any atom is -0.493 e. The smallest absolute Gasteiger partial charge is 0.220 e. The molecule has 2 heterocycles. The molecule has 2 bridgehead atoms. The molecule has 2 N–H and O–H groups in total. The number of carbonyl (C=O) groups excluding carboxylic acids is 1. The monoisotopic (exact) mass is 368 g/mol. The van der Waals surface area contributed by atoms with Crippen molar-refractivity contribution in [3.8, 4) is 11.5 Å². The second-order valence-electron chi connectivity index (χ2n) is 6.87. The highest BCUT2D eigenvalue weighted by molar-refractivity contribution is 5.85.